The number of aliphatic hydroxyl groups excluding tert-OH is 1. The summed E-state index contributed by atoms with van der Waals surface area (Å²) in [5, 5.41) is 17.6. The third-order valence-electron chi connectivity index (χ3n) is 7.51. The van der Waals surface area contributed by atoms with Gasteiger partial charge in [-0.2, -0.15) is 0 Å². The molecule has 0 unspecified atom stereocenters. The molecule has 6 nitrogen and oxygen atoms in total. The van der Waals surface area contributed by atoms with Crippen molar-refractivity contribution in [2.45, 2.75) is 78.5 Å². The van der Waals surface area contributed by atoms with Crippen molar-refractivity contribution < 1.29 is 23.5 Å². The average molecular weight is 594 g/mol. The number of amides is 2. The number of nitrogens with zero attached hydrogens (tertiary/aromatic N) is 1. The third-order valence-corrected chi connectivity index (χ3v) is 7.51. The number of nitrogens with one attached hydrogen (secondary N) is 2. The van der Waals surface area contributed by atoms with E-state index in [1.165, 1.54) is 12.1 Å². The van der Waals surface area contributed by atoms with Crippen LogP contribution in [0.15, 0.2) is 60.7 Å². The molecule has 232 valence electrons. The number of hydrogen-bond acceptors (Lipinski definition) is 4. The first-order valence-electron chi connectivity index (χ1n) is 15.0. The molecular formula is C35H45F2N3O3. The van der Waals surface area contributed by atoms with Gasteiger partial charge in [0.1, 0.15) is 11.6 Å². The summed E-state index contributed by atoms with van der Waals surface area (Å²) in [5.74, 6) is -2.11. The summed E-state index contributed by atoms with van der Waals surface area (Å²) < 4.78 is 28.1. The predicted octanol–water partition coefficient (Wildman–Crippen LogP) is 6.07. The van der Waals surface area contributed by atoms with Gasteiger partial charge in [0.15, 0.2) is 0 Å². The molecule has 0 saturated carbocycles. The fourth-order valence-electron chi connectivity index (χ4n) is 5.23. The molecule has 3 aromatic rings. The van der Waals surface area contributed by atoms with E-state index >= 15 is 0 Å². The second kappa shape index (κ2) is 15.2. The molecule has 43 heavy (non-hydrogen) atoms. The lowest BCUT2D eigenvalue weighted by molar-refractivity contribution is 0.0755. The zero-order valence-corrected chi connectivity index (χ0v) is 26.1. The van der Waals surface area contributed by atoms with Crippen LogP contribution in [-0.4, -0.2) is 53.6 Å². The zero-order valence-electron chi connectivity index (χ0n) is 26.1. The summed E-state index contributed by atoms with van der Waals surface area (Å²) in [6, 6.07) is 15.3. The molecule has 0 aromatic heterocycles. The van der Waals surface area contributed by atoms with E-state index in [1.54, 1.807) is 23.1 Å². The van der Waals surface area contributed by atoms with Crippen LogP contribution in [0.3, 0.4) is 0 Å². The molecule has 0 spiro atoms. The minimum atomic E-state index is -1.10. The maximum Gasteiger partial charge on any atom is 0.253 e. The summed E-state index contributed by atoms with van der Waals surface area (Å²) in [7, 11) is 0. The minimum absolute atomic E-state index is 0.00742. The number of rotatable bonds is 14. The van der Waals surface area contributed by atoms with Gasteiger partial charge in [-0.25, -0.2) is 8.78 Å². The van der Waals surface area contributed by atoms with E-state index in [0.717, 1.165) is 35.6 Å². The van der Waals surface area contributed by atoms with E-state index in [4.69, 9.17) is 0 Å². The lowest BCUT2D eigenvalue weighted by Gasteiger charge is -2.31. The largest absolute Gasteiger partial charge is 0.390 e. The average Bonchev–Trinajstić information content (AvgIpc) is 2.94. The molecule has 0 heterocycles. The van der Waals surface area contributed by atoms with Gasteiger partial charge in [-0.05, 0) is 94.0 Å². The number of carbonyl (C=O) groups is 2. The number of halogens is 2. The molecule has 8 heteroatoms. The Bertz CT molecular complexity index is 1380. The van der Waals surface area contributed by atoms with Crippen LogP contribution in [0.5, 0.6) is 0 Å². The van der Waals surface area contributed by atoms with Gasteiger partial charge in [0, 0.05) is 42.4 Å². The van der Waals surface area contributed by atoms with E-state index in [-0.39, 0.29) is 24.4 Å². The molecule has 3 rings (SSSR count). The van der Waals surface area contributed by atoms with E-state index in [2.05, 4.69) is 16.7 Å². The zero-order chi connectivity index (χ0) is 31.7. The first kappa shape index (κ1) is 33.9. The van der Waals surface area contributed by atoms with E-state index in [0.29, 0.717) is 24.2 Å². The summed E-state index contributed by atoms with van der Waals surface area (Å²) in [4.78, 5) is 28.6. The smallest absolute Gasteiger partial charge is 0.253 e. The van der Waals surface area contributed by atoms with Crippen molar-refractivity contribution in [1.29, 1.82) is 0 Å². The standard InChI is InChI=1S/C35H45F2N3O3/c1-7-12-40(13-8-2)34(43)27-15-24(4)14-26(20-27)33(42)39-31(19-25-17-29(36)21-30(37)18-25)32(41)22-38-35(5,6)28-11-9-10-23(3)16-28/h9-11,14-18,20-21,31-32,38,41H,7-8,12-13,19,22H2,1-6H3,(H,39,42)/t31-,32+/m0/s1. The van der Waals surface area contributed by atoms with Gasteiger partial charge < -0.3 is 20.6 Å². The Kier molecular flexibility index (Phi) is 12.0. The number of aryl methyl sites for hydroxylation is 2. The predicted molar refractivity (Wildman–Crippen MR) is 167 cm³/mol. The topological polar surface area (TPSA) is 81.7 Å². The van der Waals surface area contributed by atoms with Gasteiger partial charge in [0.05, 0.1) is 12.1 Å². The van der Waals surface area contributed by atoms with E-state index < -0.39 is 35.2 Å². The van der Waals surface area contributed by atoms with Crippen LogP contribution in [0.4, 0.5) is 8.78 Å². The van der Waals surface area contributed by atoms with Crippen molar-refractivity contribution in [2.75, 3.05) is 19.6 Å². The summed E-state index contributed by atoms with van der Waals surface area (Å²) in [6.07, 6.45) is 0.529. The highest BCUT2D eigenvalue weighted by molar-refractivity contribution is 6.00. The molecule has 3 aromatic carbocycles. The van der Waals surface area contributed by atoms with Crippen molar-refractivity contribution >= 4 is 11.8 Å². The van der Waals surface area contributed by atoms with Crippen molar-refractivity contribution in [3.8, 4) is 0 Å². The highest BCUT2D eigenvalue weighted by Gasteiger charge is 2.27. The van der Waals surface area contributed by atoms with Crippen molar-refractivity contribution in [2.24, 2.45) is 0 Å². The molecule has 2 amide bonds. The van der Waals surface area contributed by atoms with Crippen LogP contribution in [0.2, 0.25) is 0 Å². The van der Waals surface area contributed by atoms with Crippen LogP contribution in [-0.2, 0) is 12.0 Å². The quantitative estimate of drug-likeness (QED) is 0.212. The van der Waals surface area contributed by atoms with Gasteiger partial charge in [-0.3, -0.25) is 9.59 Å². The molecule has 0 aliphatic heterocycles. The maximum atomic E-state index is 14.0. The lowest BCUT2D eigenvalue weighted by Crippen LogP contribution is -2.51. The van der Waals surface area contributed by atoms with Crippen LogP contribution >= 0.6 is 0 Å². The fraction of sp³-hybridized carbons (Fsp3) is 0.429. The Balaban J connectivity index is 1.86. The highest BCUT2D eigenvalue weighted by Crippen LogP contribution is 2.22. The molecule has 3 N–H and O–H groups in total. The van der Waals surface area contributed by atoms with Gasteiger partial charge in [-0.1, -0.05) is 43.7 Å². The van der Waals surface area contributed by atoms with Crippen LogP contribution in [0.1, 0.15) is 83.5 Å². The summed E-state index contributed by atoms with van der Waals surface area (Å²) in [6.45, 7) is 13.2. The Morgan fingerprint density at radius 2 is 1.51 bits per heavy atom. The van der Waals surface area contributed by atoms with Gasteiger partial charge in [0.25, 0.3) is 11.8 Å². The monoisotopic (exact) mass is 593 g/mol. The van der Waals surface area contributed by atoms with Crippen molar-refractivity contribution in [3.05, 3.63) is 106 Å². The summed E-state index contributed by atoms with van der Waals surface area (Å²) >= 11 is 0. The Hall–Kier alpha value is -3.62. The summed E-state index contributed by atoms with van der Waals surface area (Å²) in [5.41, 5.74) is 3.37. The fourth-order valence-corrected chi connectivity index (χ4v) is 5.23. The Morgan fingerprint density at radius 3 is 2.12 bits per heavy atom. The number of benzene rings is 3. The van der Waals surface area contributed by atoms with Crippen molar-refractivity contribution in [1.82, 2.24) is 15.5 Å². The van der Waals surface area contributed by atoms with Gasteiger partial charge >= 0.3 is 0 Å². The Labute approximate surface area is 254 Å². The molecule has 0 fully saturated rings. The Morgan fingerprint density at radius 1 is 0.884 bits per heavy atom. The maximum absolute atomic E-state index is 14.0. The van der Waals surface area contributed by atoms with Gasteiger partial charge in [-0.15, -0.1) is 0 Å². The second-order valence-corrected chi connectivity index (χ2v) is 11.9. The second-order valence-electron chi connectivity index (χ2n) is 11.9. The first-order chi connectivity index (χ1) is 20.3. The SMILES string of the molecule is CCCN(CCC)C(=O)c1cc(C)cc(C(=O)N[C@@H](Cc2cc(F)cc(F)c2)[C@H](O)CNC(C)(C)c2cccc(C)c2)c1. The number of aliphatic hydroxyl groups is 1. The number of carbonyl (C=O) groups excluding carboxylic acids is 2. The highest BCUT2D eigenvalue weighted by atomic mass is 19.1. The molecule has 0 saturated heterocycles. The molecule has 2 atom stereocenters. The van der Waals surface area contributed by atoms with E-state index in [9.17, 15) is 23.5 Å². The van der Waals surface area contributed by atoms with Gasteiger partial charge in [0.2, 0.25) is 0 Å². The van der Waals surface area contributed by atoms with E-state index in [1.807, 2.05) is 59.7 Å². The first-order valence-corrected chi connectivity index (χ1v) is 15.0. The molecule has 0 radical (unpaired) electrons. The minimum Gasteiger partial charge on any atom is -0.390 e. The van der Waals surface area contributed by atoms with Crippen molar-refractivity contribution in [3.63, 3.8) is 0 Å². The molecular weight excluding hydrogens is 548 g/mol. The third kappa shape index (κ3) is 9.70. The van der Waals surface area contributed by atoms with Crippen LogP contribution in [0, 0.1) is 25.5 Å². The normalized spacial score (nSPS) is 13.0. The lowest BCUT2D eigenvalue weighted by atomic mass is 9.92. The number of hydrogen-bond donors (Lipinski definition) is 3. The van der Waals surface area contributed by atoms with Crippen LogP contribution in [0.25, 0.3) is 0 Å². The molecule has 0 aliphatic rings. The molecule has 0 aliphatic carbocycles. The van der Waals surface area contributed by atoms with Crippen LogP contribution < -0.4 is 10.6 Å². The molecule has 0 bridgehead atoms.